The van der Waals surface area contributed by atoms with Gasteiger partial charge in [0.05, 0.1) is 12.5 Å². The van der Waals surface area contributed by atoms with Crippen LogP contribution in [0.15, 0.2) is 24.3 Å². The largest absolute Gasteiger partial charge is 0.301 e. The molecule has 0 aliphatic carbocycles. The lowest BCUT2D eigenvalue weighted by atomic mass is 10.1. The fourth-order valence-corrected chi connectivity index (χ4v) is 2.59. The van der Waals surface area contributed by atoms with Crippen molar-refractivity contribution in [2.24, 2.45) is 0 Å². The standard InChI is InChI=1S/C17H24N2O2/c1-4-12(3)19-16(20)10-15(17(19)21)18-11-14-8-6-13(5-2)7-9-14/h6-9,12,15,18H,4-5,10-11H2,1-3H3. The first kappa shape index (κ1) is 15.7. The molecule has 4 nitrogen and oxygen atoms in total. The maximum Gasteiger partial charge on any atom is 0.247 e. The van der Waals surface area contributed by atoms with E-state index in [1.807, 2.05) is 13.8 Å². The number of nitrogens with zero attached hydrogens (tertiary/aromatic N) is 1. The topological polar surface area (TPSA) is 49.4 Å². The second kappa shape index (κ2) is 6.85. The van der Waals surface area contributed by atoms with Gasteiger partial charge in [-0.1, -0.05) is 38.1 Å². The normalized spacial score (nSPS) is 20.1. The van der Waals surface area contributed by atoms with E-state index in [9.17, 15) is 9.59 Å². The number of rotatable bonds is 6. The Morgan fingerprint density at radius 3 is 2.38 bits per heavy atom. The van der Waals surface area contributed by atoms with Gasteiger partial charge in [-0.25, -0.2) is 0 Å². The van der Waals surface area contributed by atoms with Gasteiger partial charge in [0.1, 0.15) is 0 Å². The monoisotopic (exact) mass is 288 g/mol. The Balaban J connectivity index is 1.94. The quantitative estimate of drug-likeness (QED) is 0.817. The van der Waals surface area contributed by atoms with Crippen LogP contribution in [0.3, 0.4) is 0 Å². The summed E-state index contributed by atoms with van der Waals surface area (Å²) < 4.78 is 0. The van der Waals surface area contributed by atoms with E-state index in [1.54, 1.807) is 0 Å². The maximum absolute atomic E-state index is 12.3. The Kier molecular flexibility index (Phi) is 5.12. The van der Waals surface area contributed by atoms with Crippen molar-refractivity contribution in [1.29, 1.82) is 0 Å². The highest BCUT2D eigenvalue weighted by atomic mass is 16.2. The van der Waals surface area contributed by atoms with Crippen molar-refractivity contribution in [2.45, 2.75) is 58.7 Å². The van der Waals surface area contributed by atoms with Crippen molar-refractivity contribution in [2.75, 3.05) is 0 Å². The van der Waals surface area contributed by atoms with Crippen LogP contribution in [0.4, 0.5) is 0 Å². The van der Waals surface area contributed by atoms with Crippen LogP contribution in [0.1, 0.15) is 44.7 Å². The Labute approximate surface area is 126 Å². The van der Waals surface area contributed by atoms with Crippen LogP contribution in [0, 0.1) is 0 Å². The highest BCUT2D eigenvalue weighted by molar-refractivity contribution is 6.05. The third-order valence-corrected chi connectivity index (χ3v) is 4.20. The van der Waals surface area contributed by atoms with Gasteiger partial charge in [-0.15, -0.1) is 0 Å². The Morgan fingerprint density at radius 2 is 1.81 bits per heavy atom. The predicted molar refractivity (Wildman–Crippen MR) is 82.7 cm³/mol. The minimum atomic E-state index is -0.377. The van der Waals surface area contributed by atoms with E-state index in [0.717, 1.165) is 18.4 Å². The summed E-state index contributed by atoms with van der Waals surface area (Å²) in [6.45, 7) is 6.64. The van der Waals surface area contributed by atoms with E-state index in [-0.39, 0.29) is 30.3 Å². The molecule has 2 unspecified atom stereocenters. The third-order valence-electron chi connectivity index (χ3n) is 4.20. The number of nitrogens with one attached hydrogen (secondary N) is 1. The van der Waals surface area contributed by atoms with Crippen LogP contribution in [0.5, 0.6) is 0 Å². The number of imide groups is 1. The molecule has 2 atom stereocenters. The molecule has 0 radical (unpaired) electrons. The molecule has 1 N–H and O–H groups in total. The van der Waals surface area contributed by atoms with Crippen LogP contribution >= 0.6 is 0 Å². The Morgan fingerprint density at radius 1 is 1.19 bits per heavy atom. The Bertz CT molecular complexity index is 510. The van der Waals surface area contributed by atoms with Crippen molar-refractivity contribution in [3.8, 4) is 0 Å². The number of amides is 2. The second-order valence-electron chi connectivity index (χ2n) is 5.67. The minimum Gasteiger partial charge on any atom is -0.301 e. The molecule has 0 saturated carbocycles. The molecule has 0 spiro atoms. The summed E-state index contributed by atoms with van der Waals surface area (Å²) in [5.74, 6) is -0.146. The Hall–Kier alpha value is -1.68. The van der Waals surface area contributed by atoms with E-state index < -0.39 is 0 Å². The summed E-state index contributed by atoms with van der Waals surface area (Å²) in [6.07, 6.45) is 2.09. The van der Waals surface area contributed by atoms with E-state index in [0.29, 0.717) is 6.54 Å². The first-order valence-corrected chi connectivity index (χ1v) is 7.73. The summed E-state index contributed by atoms with van der Waals surface area (Å²) in [7, 11) is 0. The van der Waals surface area contributed by atoms with Crippen molar-refractivity contribution in [3.63, 3.8) is 0 Å². The zero-order valence-corrected chi connectivity index (χ0v) is 13.1. The summed E-state index contributed by atoms with van der Waals surface area (Å²) in [5.41, 5.74) is 2.43. The molecule has 2 amide bonds. The molecule has 1 aromatic carbocycles. The molecule has 1 saturated heterocycles. The van der Waals surface area contributed by atoms with Gasteiger partial charge in [-0.3, -0.25) is 14.5 Å². The number of carbonyl (C=O) groups is 2. The van der Waals surface area contributed by atoms with Gasteiger partial charge in [-0.2, -0.15) is 0 Å². The number of hydrogen-bond acceptors (Lipinski definition) is 3. The zero-order valence-electron chi connectivity index (χ0n) is 13.1. The molecule has 0 aromatic heterocycles. The van der Waals surface area contributed by atoms with Crippen LogP contribution in [-0.2, 0) is 22.6 Å². The maximum atomic E-state index is 12.3. The molecule has 21 heavy (non-hydrogen) atoms. The molecule has 1 aromatic rings. The number of benzene rings is 1. The first-order chi connectivity index (χ1) is 10.1. The van der Waals surface area contributed by atoms with Crippen molar-refractivity contribution in [1.82, 2.24) is 10.2 Å². The lowest BCUT2D eigenvalue weighted by molar-refractivity contribution is -0.141. The number of carbonyl (C=O) groups excluding carboxylic acids is 2. The van der Waals surface area contributed by atoms with Gasteiger partial charge in [0.25, 0.3) is 0 Å². The van der Waals surface area contributed by atoms with Gasteiger partial charge in [0.2, 0.25) is 11.8 Å². The number of aryl methyl sites for hydroxylation is 1. The van der Waals surface area contributed by atoms with E-state index >= 15 is 0 Å². The van der Waals surface area contributed by atoms with Gasteiger partial charge >= 0.3 is 0 Å². The molecule has 1 fully saturated rings. The summed E-state index contributed by atoms with van der Waals surface area (Å²) in [6, 6.07) is 7.95. The lowest BCUT2D eigenvalue weighted by Crippen LogP contribution is -2.42. The van der Waals surface area contributed by atoms with E-state index in [4.69, 9.17) is 0 Å². The zero-order chi connectivity index (χ0) is 15.4. The predicted octanol–water partition coefficient (Wildman–Crippen LogP) is 2.26. The lowest BCUT2D eigenvalue weighted by Gasteiger charge is -2.21. The SMILES string of the molecule is CCc1ccc(CNC2CC(=O)N(C(C)CC)C2=O)cc1. The summed E-state index contributed by atoms with van der Waals surface area (Å²) in [5, 5.41) is 3.21. The highest BCUT2D eigenvalue weighted by Crippen LogP contribution is 2.18. The third kappa shape index (κ3) is 3.50. The second-order valence-corrected chi connectivity index (χ2v) is 5.67. The molecule has 4 heteroatoms. The van der Waals surface area contributed by atoms with Crippen LogP contribution < -0.4 is 5.32 Å². The van der Waals surface area contributed by atoms with Gasteiger partial charge in [0.15, 0.2) is 0 Å². The minimum absolute atomic E-state index is 0.0133. The first-order valence-electron chi connectivity index (χ1n) is 7.73. The fraction of sp³-hybridized carbons (Fsp3) is 0.529. The van der Waals surface area contributed by atoms with E-state index in [1.165, 1.54) is 10.5 Å². The molecule has 1 aliphatic rings. The molecular formula is C17H24N2O2. The summed E-state index contributed by atoms with van der Waals surface area (Å²) >= 11 is 0. The van der Waals surface area contributed by atoms with Crippen molar-refractivity contribution >= 4 is 11.8 Å². The number of likely N-dealkylation sites (tertiary alicyclic amines) is 1. The molecule has 2 rings (SSSR count). The van der Waals surface area contributed by atoms with Gasteiger partial charge < -0.3 is 5.32 Å². The average Bonchev–Trinajstić information content (AvgIpc) is 2.79. The van der Waals surface area contributed by atoms with Gasteiger partial charge in [-0.05, 0) is 30.9 Å². The average molecular weight is 288 g/mol. The molecule has 1 aliphatic heterocycles. The number of hydrogen-bond donors (Lipinski definition) is 1. The smallest absolute Gasteiger partial charge is 0.247 e. The summed E-state index contributed by atoms with van der Waals surface area (Å²) in [4.78, 5) is 25.7. The highest BCUT2D eigenvalue weighted by Gasteiger charge is 2.40. The van der Waals surface area contributed by atoms with Crippen molar-refractivity contribution < 1.29 is 9.59 Å². The van der Waals surface area contributed by atoms with Gasteiger partial charge in [0, 0.05) is 12.6 Å². The fourth-order valence-electron chi connectivity index (χ4n) is 2.59. The molecule has 0 bridgehead atoms. The molecule has 1 heterocycles. The van der Waals surface area contributed by atoms with Crippen LogP contribution in [-0.4, -0.2) is 28.8 Å². The van der Waals surface area contributed by atoms with Crippen LogP contribution in [0.25, 0.3) is 0 Å². The van der Waals surface area contributed by atoms with E-state index in [2.05, 4.69) is 36.5 Å². The van der Waals surface area contributed by atoms with Crippen molar-refractivity contribution in [3.05, 3.63) is 35.4 Å². The molecule has 114 valence electrons. The molecular weight excluding hydrogens is 264 g/mol. The van der Waals surface area contributed by atoms with Crippen LogP contribution in [0.2, 0.25) is 0 Å².